The Morgan fingerprint density at radius 1 is 0.762 bits per heavy atom. The summed E-state index contributed by atoms with van der Waals surface area (Å²) in [6.07, 6.45) is 0.365. The molecule has 0 radical (unpaired) electrons. The van der Waals surface area contributed by atoms with Crippen LogP contribution in [0, 0.1) is 11.6 Å². The van der Waals surface area contributed by atoms with Gasteiger partial charge in [-0.2, -0.15) is 0 Å². The number of hydrogen-bond donors (Lipinski definition) is 0. The zero-order chi connectivity index (χ0) is 14.8. The van der Waals surface area contributed by atoms with E-state index in [1.54, 1.807) is 36.4 Å². The van der Waals surface area contributed by atoms with Crippen molar-refractivity contribution in [1.82, 2.24) is 0 Å². The number of alkyl halides is 1. The maximum atomic E-state index is 13.8. The van der Waals surface area contributed by atoms with Crippen LogP contribution < -0.4 is 0 Å². The molecular formula is C18H13ClF2. The first-order valence-corrected chi connectivity index (χ1v) is 7.15. The Labute approximate surface area is 127 Å². The fourth-order valence-corrected chi connectivity index (χ4v) is 2.88. The fourth-order valence-electron chi connectivity index (χ4n) is 2.53. The van der Waals surface area contributed by atoms with Crippen molar-refractivity contribution in [3.05, 3.63) is 83.4 Å². The zero-order valence-corrected chi connectivity index (χ0v) is 11.9. The number of halogens is 3. The van der Waals surface area contributed by atoms with Crippen LogP contribution in [0.2, 0.25) is 0 Å². The number of hydrogen-bond acceptors (Lipinski definition) is 0. The van der Waals surface area contributed by atoms with Crippen LogP contribution in [0.1, 0.15) is 16.5 Å². The summed E-state index contributed by atoms with van der Waals surface area (Å²) in [5, 5.41) is 0.899. The Morgan fingerprint density at radius 2 is 1.43 bits per heavy atom. The van der Waals surface area contributed by atoms with Crippen LogP contribution in [0.4, 0.5) is 8.78 Å². The second-order valence-electron chi connectivity index (χ2n) is 4.95. The second kappa shape index (κ2) is 5.82. The van der Waals surface area contributed by atoms with Crippen molar-refractivity contribution in [2.24, 2.45) is 0 Å². The molecule has 0 fully saturated rings. The van der Waals surface area contributed by atoms with E-state index >= 15 is 0 Å². The highest BCUT2D eigenvalue weighted by molar-refractivity contribution is 6.22. The third-order valence-corrected chi connectivity index (χ3v) is 3.99. The van der Waals surface area contributed by atoms with Crippen LogP contribution in [0.3, 0.4) is 0 Å². The molecule has 0 aliphatic heterocycles. The Bertz CT molecular complexity index is 783. The topological polar surface area (TPSA) is 0 Å². The third kappa shape index (κ3) is 2.77. The van der Waals surface area contributed by atoms with Gasteiger partial charge in [0.15, 0.2) is 0 Å². The third-order valence-electron chi connectivity index (χ3n) is 3.60. The summed E-state index contributed by atoms with van der Waals surface area (Å²) in [6.45, 7) is 0. The van der Waals surface area contributed by atoms with E-state index in [0.717, 1.165) is 10.9 Å². The molecule has 0 bridgehead atoms. The van der Waals surface area contributed by atoms with Crippen LogP contribution in [0.15, 0.2) is 60.7 Å². The minimum atomic E-state index is -0.410. The molecule has 3 rings (SSSR count). The van der Waals surface area contributed by atoms with Gasteiger partial charge in [0.05, 0.1) is 5.38 Å². The van der Waals surface area contributed by atoms with Gasteiger partial charge in [-0.05, 0) is 35.1 Å². The first-order chi connectivity index (χ1) is 10.2. The summed E-state index contributed by atoms with van der Waals surface area (Å²) in [5.74, 6) is -0.543. The van der Waals surface area contributed by atoms with E-state index in [4.69, 9.17) is 11.6 Å². The molecule has 0 N–H and O–H groups in total. The Balaban J connectivity index is 2.01. The molecule has 0 aromatic heterocycles. The molecule has 1 atom stereocenters. The number of rotatable bonds is 3. The molecule has 0 nitrogen and oxygen atoms in total. The Kier molecular flexibility index (Phi) is 3.89. The van der Waals surface area contributed by atoms with Crippen molar-refractivity contribution in [2.75, 3.05) is 0 Å². The minimum Gasteiger partial charge on any atom is -0.207 e. The van der Waals surface area contributed by atoms with Crippen molar-refractivity contribution >= 4 is 22.4 Å². The average molecular weight is 303 g/mol. The zero-order valence-electron chi connectivity index (χ0n) is 11.2. The minimum absolute atomic E-state index is 0.269. The van der Waals surface area contributed by atoms with Gasteiger partial charge in [-0.1, -0.05) is 48.5 Å². The maximum absolute atomic E-state index is 13.8. The van der Waals surface area contributed by atoms with Crippen molar-refractivity contribution in [1.29, 1.82) is 0 Å². The van der Waals surface area contributed by atoms with Gasteiger partial charge in [0.2, 0.25) is 0 Å². The lowest BCUT2D eigenvalue weighted by atomic mass is 9.97. The summed E-state index contributed by atoms with van der Waals surface area (Å²) in [6, 6.07) is 16.8. The summed E-state index contributed by atoms with van der Waals surface area (Å²) in [7, 11) is 0. The highest BCUT2D eigenvalue weighted by Gasteiger charge is 2.15. The Morgan fingerprint density at radius 3 is 2.19 bits per heavy atom. The van der Waals surface area contributed by atoms with Crippen LogP contribution in [0.5, 0.6) is 0 Å². The molecule has 21 heavy (non-hydrogen) atoms. The van der Waals surface area contributed by atoms with E-state index in [-0.39, 0.29) is 11.6 Å². The molecule has 0 amide bonds. The predicted molar refractivity (Wildman–Crippen MR) is 82.6 cm³/mol. The standard InChI is InChI=1S/C18H13ClF2/c19-16(11-12-5-1-4-8-17(12)20)14-9-10-18(21)15-7-3-2-6-13(14)15/h1-10,16H,11H2. The molecule has 1 unspecified atom stereocenters. The maximum Gasteiger partial charge on any atom is 0.131 e. The SMILES string of the molecule is Fc1ccccc1CC(Cl)c1ccc(F)c2ccccc12. The average Bonchev–Trinajstić information content (AvgIpc) is 2.50. The molecule has 0 heterocycles. The van der Waals surface area contributed by atoms with E-state index in [1.807, 2.05) is 12.1 Å². The summed E-state index contributed by atoms with van der Waals surface area (Å²) in [5.41, 5.74) is 1.38. The first-order valence-electron chi connectivity index (χ1n) is 6.71. The van der Waals surface area contributed by atoms with Gasteiger partial charge in [-0.15, -0.1) is 11.6 Å². The van der Waals surface area contributed by atoms with Gasteiger partial charge in [-0.25, -0.2) is 8.78 Å². The van der Waals surface area contributed by atoms with Crippen molar-refractivity contribution in [3.63, 3.8) is 0 Å². The molecule has 0 saturated carbocycles. The lowest BCUT2D eigenvalue weighted by Gasteiger charge is -2.14. The van der Waals surface area contributed by atoms with E-state index in [2.05, 4.69) is 0 Å². The van der Waals surface area contributed by atoms with Crippen LogP contribution >= 0.6 is 11.6 Å². The summed E-state index contributed by atoms with van der Waals surface area (Å²) < 4.78 is 27.5. The summed E-state index contributed by atoms with van der Waals surface area (Å²) >= 11 is 6.45. The normalized spacial score (nSPS) is 12.5. The van der Waals surface area contributed by atoms with Gasteiger partial charge in [0, 0.05) is 5.39 Å². The van der Waals surface area contributed by atoms with Crippen LogP contribution in [-0.2, 0) is 6.42 Å². The quantitative estimate of drug-likeness (QED) is 0.549. The Hall–Kier alpha value is -1.93. The molecule has 106 valence electrons. The predicted octanol–water partition coefficient (Wildman–Crippen LogP) is 5.64. The molecular weight excluding hydrogens is 290 g/mol. The van der Waals surface area contributed by atoms with E-state index in [9.17, 15) is 8.78 Å². The molecule has 3 heteroatoms. The highest BCUT2D eigenvalue weighted by Crippen LogP contribution is 2.32. The van der Waals surface area contributed by atoms with Gasteiger partial charge in [0.25, 0.3) is 0 Å². The molecule has 0 spiro atoms. The van der Waals surface area contributed by atoms with Crippen LogP contribution in [-0.4, -0.2) is 0 Å². The van der Waals surface area contributed by atoms with Crippen molar-refractivity contribution in [2.45, 2.75) is 11.8 Å². The van der Waals surface area contributed by atoms with E-state index < -0.39 is 5.38 Å². The number of benzene rings is 3. The lowest BCUT2D eigenvalue weighted by Crippen LogP contribution is -2.00. The van der Waals surface area contributed by atoms with Crippen LogP contribution in [0.25, 0.3) is 10.8 Å². The van der Waals surface area contributed by atoms with Gasteiger partial charge in [-0.3, -0.25) is 0 Å². The second-order valence-corrected chi connectivity index (χ2v) is 5.47. The van der Waals surface area contributed by atoms with Crippen molar-refractivity contribution in [3.8, 4) is 0 Å². The highest BCUT2D eigenvalue weighted by atomic mass is 35.5. The molecule has 0 saturated heterocycles. The smallest absolute Gasteiger partial charge is 0.131 e. The largest absolute Gasteiger partial charge is 0.207 e. The van der Waals surface area contributed by atoms with E-state index in [1.165, 1.54) is 12.1 Å². The first kappa shape index (κ1) is 14.0. The van der Waals surface area contributed by atoms with Gasteiger partial charge in [0.1, 0.15) is 11.6 Å². The molecule has 0 aliphatic carbocycles. The van der Waals surface area contributed by atoms with Gasteiger partial charge >= 0.3 is 0 Å². The summed E-state index contributed by atoms with van der Waals surface area (Å²) in [4.78, 5) is 0. The molecule has 3 aromatic rings. The molecule has 3 aromatic carbocycles. The fraction of sp³-hybridized carbons (Fsp3) is 0.111. The van der Waals surface area contributed by atoms with E-state index in [0.29, 0.717) is 17.4 Å². The number of fused-ring (bicyclic) bond motifs is 1. The molecule has 0 aliphatic rings. The monoisotopic (exact) mass is 302 g/mol. The van der Waals surface area contributed by atoms with Crippen molar-refractivity contribution < 1.29 is 8.78 Å². The van der Waals surface area contributed by atoms with Gasteiger partial charge < -0.3 is 0 Å². The lowest BCUT2D eigenvalue weighted by molar-refractivity contribution is 0.607.